The zero-order valence-electron chi connectivity index (χ0n) is 10.1. The molecule has 0 amide bonds. The molecule has 2 aromatic rings. The lowest BCUT2D eigenvalue weighted by Crippen LogP contribution is -2.19. The molecule has 0 saturated carbocycles. The Morgan fingerprint density at radius 3 is 2.78 bits per heavy atom. The van der Waals surface area contributed by atoms with Gasteiger partial charge in [-0.25, -0.2) is 0 Å². The van der Waals surface area contributed by atoms with E-state index in [2.05, 4.69) is 40.9 Å². The molecule has 2 rings (SSSR count). The smallest absolute Gasteiger partial charge is 0.164 e. The minimum Gasteiger partial charge on any atom is -0.454 e. The van der Waals surface area contributed by atoms with Gasteiger partial charge in [-0.2, -0.15) is 0 Å². The fraction of sp³-hybridized carbons (Fsp3) is 0.286. The van der Waals surface area contributed by atoms with Crippen LogP contribution < -0.4 is 5.32 Å². The third kappa shape index (κ3) is 3.73. The summed E-state index contributed by atoms with van der Waals surface area (Å²) >= 11 is 8.19. The molecule has 1 aromatic heterocycles. The van der Waals surface area contributed by atoms with Crippen molar-refractivity contribution < 1.29 is 4.42 Å². The number of rotatable bonds is 5. The van der Waals surface area contributed by atoms with Crippen molar-refractivity contribution in [2.75, 3.05) is 0 Å². The van der Waals surface area contributed by atoms with Crippen LogP contribution in [-0.4, -0.2) is 0 Å². The van der Waals surface area contributed by atoms with Gasteiger partial charge in [0.1, 0.15) is 5.76 Å². The molecule has 4 heteroatoms. The molecule has 1 heterocycles. The molecule has 0 aliphatic carbocycles. The van der Waals surface area contributed by atoms with Gasteiger partial charge in [-0.05, 0) is 58.8 Å². The second kappa shape index (κ2) is 6.59. The van der Waals surface area contributed by atoms with Crippen molar-refractivity contribution in [1.29, 1.82) is 0 Å². The highest BCUT2D eigenvalue weighted by Gasteiger charge is 2.10. The van der Waals surface area contributed by atoms with E-state index in [9.17, 15) is 0 Å². The largest absolute Gasteiger partial charge is 0.454 e. The number of hydrogen-bond acceptors (Lipinski definition) is 2. The molecule has 0 radical (unpaired) electrons. The summed E-state index contributed by atoms with van der Waals surface area (Å²) in [6.07, 6.45) is 1.01. The van der Waals surface area contributed by atoms with Gasteiger partial charge in [0.05, 0.1) is 6.54 Å². The van der Waals surface area contributed by atoms with Crippen molar-refractivity contribution in [3.8, 4) is 0 Å². The average Bonchev–Trinajstić information content (AvgIpc) is 2.76. The Kier molecular flexibility index (Phi) is 5.09. The minimum atomic E-state index is 0.298. The van der Waals surface area contributed by atoms with Gasteiger partial charge in [0.2, 0.25) is 0 Å². The van der Waals surface area contributed by atoms with Crippen molar-refractivity contribution >= 4 is 34.2 Å². The van der Waals surface area contributed by atoms with Gasteiger partial charge in [-0.15, -0.1) is 0 Å². The van der Waals surface area contributed by atoms with Crippen LogP contribution in [0.3, 0.4) is 0 Å². The minimum absolute atomic E-state index is 0.298. The highest BCUT2D eigenvalue weighted by Crippen LogP contribution is 2.21. The Bertz CT molecular complexity index is 512. The summed E-state index contributed by atoms with van der Waals surface area (Å²) < 4.78 is 6.45. The van der Waals surface area contributed by atoms with E-state index in [1.165, 1.54) is 5.56 Å². The highest BCUT2D eigenvalue weighted by molar-refractivity contribution is 14.1. The molecule has 96 valence electrons. The molecule has 18 heavy (non-hydrogen) atoms. The monoisotopic (exact) mass is 375 g/mol. The zero-order chi connectivity index (χ0) is 13.0. The molecule has 1 N–H and O–H groups in total. The summed E-state index contributed by atoms with van der Waals surface area (Å²) in [4.78, 5) is 0. The normalized spacial score (nSPS) is 12.6. The van der Waals surface area contributed by atoms with E-state index in [1.54, 1.807) is 0 Å². The number of nitrogens with one attached hydrogen (secondary N) is 1. The molecule has 0 spiro atoms. The second-order valence-electron chi connectivity index (χ2n) is 4.10. The van der Waals surface area contributed by atoms with Crippen LogP contribution in [0.15, 0.2) is 40.8 Å². The van der Waals surface area contributed by atoms with Crippen LogP contribution in [0.2, 0.25) is 5.02 Å². The van der Waals surface area contributed by atoms with Crippen LogP contribution in [-0.2, 0) is 6.54 Å². The maximum Gasteiger partial charge on any atom is 0.164 e. The molecule has 0 aliphatic rings. The fourth-order valence-corrected chi connectivity index (χ4v) is 2.55. The van der Waals surface area contributed by atoms with Gasteiger partial charge in [0.25, 0.3) is 0 Å². The van der Waals surface area contributed by atoms with E-state index >= 15 is 0 Å². The van der Waals surface area contributed by atoms with Crippen LogP contribution in [0.5, 0.6) is 0 Å². The predicted octanol–water partition coefficient (Wildman–Crippen LogP) is 4.78. The van der Waals surface area contributed by atoms with Crippen molar-refractivity contribution in [3.63, 3.8) is 0 Å². The fourth-order valence-electron chi connectivity index (χ4n) is 1.89. The Balaban J connectivity index is 2.01. The first-order valence-corrected chi connectivity index (χ1v) is 7.37. The zero-order valence-corrected chi connectivity index (χ0v) is 13.0. The maximum atomic E-state index is 6.02. The first kappa shape index (κ1) is 13.9. The third-order valence-corrected chi connectivity index (χ3v) is 3.63. The summed E-state index contributed by atoms with van der Waals surface area (Å²) in [5.74, 6) is 0.958. The lowest BCUT2D eigenvalue weighted by Gasteiger charge is -2.16. The van der Waals surface area contributed by atoms with Gasteiger partial charge in [-0.3, -0.25) is 0 Å². The Labute approximate surface area is 126 Å². The van der Waals surface area contributed by atoms with Crippen molar-refractivity contribution in [1.82, 2.24) is 5.32 Å². The van der Waals surface area contributed by atoms with E-state index in [0.29, 0.717) is 6.04 Å². The molecule has 0 fully saturated rings. The second-order valence-corrected chi connectivity index (χ2v) is 5.60. The molecular formula is C14H15ClINO. The maximum absolute atomic E-state index is 6.02. The Hall–Kier alpha value is -0.520. The molecular weight excluding hydrogens is 361 g/mol. The number of halogens is 2. The topological polar surface area (TPSA) is 25.2 Å². The van der Waals surface area contributed by atoms with Crippen LogP contribution in [0, 0.1) is 3.77 Å². The lowest BCUT2D eigenvalue weighted by atomic mass is 10.0. The van der Waals surface area contributed by atoms with Crippen molar-refractivity contribution in [3.05, 3.63) is 56.5 Å². The van der Waals surface area contributed by atoms with Crippen molar-refractivity contribution in [2.45, 2.75) is 25.9 Å². The molecule has 1 aromatic carbocycles. The van der Waals surface area contributed by atoms with E-state index in [-0.39, 0.29) is 0 Å². The van der Waals surface area contributed by atoms with E-state index < -0.39 is 0 Å². The molecule has 0 bridgehead atoms. The van der Waals surface area contributed by atoms with Crippen LogP contribution >= 0.6 is 34.2 Å². The molecule has 1 atom stereocenters. The van der Waals surface area contributed by atoms with Gasteiger partial charge < -0.3 is 9.73 Å². The molecule has 2 nitrogen and oxygen atoms in total. The average molecular weight is 376 g/mol. The summed E-state index contributed by atoms with van der Waals surface area (Å²) in [5, 5.41) is 4.26. The highest BCUT2D eigenvalue weighted by atomic mass is 127. The van der Waals surface area contributed by atoms with Gasteiger partial charge >= 0.3 is 0 Å². The first-order chi connectivity index (χ1) is 8.69. The summed E-state index contributed by atoms with van der Waals surface area (Å²) in [6, 6.07) is 12.3. The Morgan fingerprint density at radius 1 is 1.33 bits per heavy atom. The van der Waals surface area contributed by atoms with Gasteiger partial charge in [-0.1, -0.05) is 30.7 Å². The van der Waals surface area contributed by atoms with E-state index in [4.69, 9.17) is 16.0 Å². The number of benzene rings is 1. The van der Waals surface area contributed by atoms with Crippen LogP contribution in [0.1, 0.15) is 30.7 Å². The first-order valence-electron chi connectivity index (χ1n) is 5.92. The van der Waals surface area contributed by atoms with E-state index in [0.717, 1.165) is 27.5 Å². The predicted molar refractivity (Wildman–Crippen MR) is 82.7 cm³/mol. The van der Waals surface area contributed by atoms with Crippen LogP contribution in [0.25, 0.3) is 0 Å². The standard InChI is InChI=1S/C14H15ClINO/c1-2-13(10-4-3-5-11(15)8-10)17-9-12-6-7-14(16)18-12/h3-8,13,17H,2,9H2,1H3. The molecule has 1 unspecified atom stereocenters. The quantitative estimate of drug-likeness (QED) is 0.761. The van der Waals surface area contributed by atoms with Crippen LogP contribution in [0.4, 0.5) is 0 Å². The summed E-state index contributed by atoms with van der Waals surface area (Å²) in [5.41, 5.74) is 1.21. The van der Waals surface area contributed by atoms with Crippen molar-refractivity contribution in [2.24, 2.45) is 0 Å². The van der Waals surface area contributed by atoms with E-state index in [1.807, 2.05) is 30.3 Å². The molecule has 0 aliphatic heterocycles. The van der Waals surface area contributed by atoms with Gasteiger partial charge in [0.15, 0.2) is 3.77 Å². The SMILES string of the molecule is CCC(NCc1ccc(I)o1)c1cccc(Cl)c1. The summed E-state index contributed by atoms with van der Waals surface area (Å²) in [7, 11) is 0. The Morgan fingerprint density at radius 2 is 2.17 bits per heavy atom. The third-order valence-electron chi connectivity index (χ3n) is 2.81. The molecule has 0 saturated heterocycles. The lowest BCUT2D eigenvalue weighted by molar-refractivity contribution is 0.431. The summed E-state index contributed by atoms with van der Waals surface area (Å²) in [6.45, 7) is 2.89. The van der Waals surface area contributed by atoms with Gasteiger partial charge in [0, 0.05) is 11.1 Å². The number of furan rings is 1. The number of hydrogen-bond donors (Lipinski definition) is 1.